The van der Waals surface area contributed by atoms with Gasteiger partial charge in [-0.05, 0) is 0 Å². The van der Waals surface area contributed by atoms with Crippen molar-refractivity contribution in [1.82, 2.24) is 5.32 Å². The fourth-order valence-electron chi connectivity index (χ4n) is 0.601. The van der Waals surface area contributed by atoms with Crippen LogP contribution in [0.5, 0.6) is 0 Å². The quantitative estimate of drug-likeness (QED) is 0.385. The lowest BCUT2D eigenvalue weighted by atomic mass is 10.6. The van der Waals surface area contributed by atoms with Gasteiger partial charge in [0.05, 0.1) is 6.54 Å². The second kappa shape index (κ2) is 9.93. The molecular weight excluding hydrogens is 202 g/mol. The fraction of sp³-hybridized carbons (Fsp3) is 0.556. The van der Waals surface area contributed by atoms with Gasteiger partial charge in [-0.2, -0.15) is 11.8 Å². The highest BCUT2D eigenvalue weighted by molar-refractivity contribution is 7.99. The van der Waals surface area contributed by atoms with Gasteiger partial charge in [0.25, 0.3) is 0 Å². The molecule has 0 unspecified atom stereocenters. The zero-order valence-electron chi connectivity index (χ0n) is 7.82. The molecule has 1 amide bonds. The van der Waals surface area contributed by atoms with E-state index in [0.717, 1.165) is 12.0 Å². The smallest absolute Gasteiger partial charge is 0.407 e. The van der Waals surface area contributed by atoms with E-state index in [2.05, 4.69) is 11.2 Å². The van der Waals surface area contributed by atoms with Crippen molar-refractivity contribution in [2.24, 2.45) is 0 Å². The Balaban J connectivity index is 3.15. The maximum Gasteiger partial charge on any atom is 0.407 e. The van der Waals surface area contributed by atoms with Crippen LogP contribution in [0.2, 0.25) is 0 Å². The third-order valence-electron chi connectivity index (χ3n) is 1.18. The molecule has 0 atom stereocenters. The Hall–Kier alpha value is -1.15. The van der Waals surface area contributed by atoms with E-state index in [0.29, 0.717) is 18.8 Å². The summed E-state index contributed by atoms with van der Waals surface area (Å²) in [6.07, 6.45) is 5.83. The molecule has 0 fully saturated rings. The van der Waals surface area contributed by atoms with Crippen molar-refractivity contribution in [3.63, 3.8) is 0 Å². The minimum atomic E-state index is -0.501. The number of rotatable bonds is 7. The predicted molar refractivity (Wildman–Crippen MR) is 56.2 cm³/mol. The van der Waals surface area contributed by atoms with Gasteiger partial charge in [0.2, 0.25) is 0 Å². The highest BCUT2D eigenvalue weighted by Gasteiger charge is 1.98. The molecule has 4 nitrogen and oxygen atoms in total. The normalized spacial score (nSPS) is 8.79. The molecule has 78 valence electrons. The number of amides is 1. The second-order valence-corrected chi connectivity index (χ2v) is 3.49. The topological polar surface area (TPSA) is 55.4 Å². The number of thioether (sulfide) groups is 1. The van der Waals surface area contributed by atoms with Gasteiger partial charge in [0, 0.05) is 17.9 Å². The number of nitrogens with one attached hydrogen (secondary N) is 1. The summed E-state index contributed by atoms with van der Waals surface area (Å²) in [7, 11) is 0. The number of aldehydes is 1. The summed E-state index contributed by atoms with van der Waals surface area (Å²) in [6, 6.07) is 0. The molecule has 0 aliphatic heterocycles. The van der Waals surface area contributed by atoms with E-state index in [1.165, 1.54) is 0 Å². The van der Waals surface area contributed by atoms with Crippen LogP contribution >= 0.6 is 11.8 Å². The van der Waals surface area contributed by atoms with E-state index in [1.807, 2.05) is 0 Å². The Bertz CT molecular complexity index is 213. The Morgan fingerprint density at radius 2 is 2.36 bits per heavy atom. The van der Waals surface area contributed by atoms with Crippen molar-refractivity contribution < 1.29 is 14.3 Å². The molecule has 0 rings (SSSR count). The SMILES string of the molecule is C#CCNC(=O)OCCSCCC=O. The Morgan fingerprint density at radius 1 is 1.57 bits per heavy atom. The summed E-state index contributed by atoms with van der Waals surface area (Å²) >= 11 is 1.57. The monoisotopic (exact) mass is 215 g/mol. The van der Waals surface area contributed by atoms with Crippen LogP contribution in [0.4, 0.5) is 4.79 Å². The zero-order valence-corrected chi connectivity index (χ0v) is 8.64. The largest absolute Gasteiger partial charge is 0.449 e. The van der Waals surface area contributed by atoms with Crippen LogP contribution in [0.15, 0.2) is 0 Å². The van der Waals surface area contributed by atoms with E-state index in [-0.39, 0.29) is 6.54 Å². The molecule has 0 aromatic carbocycles. The van der Waals surface area contributed by atoms with Gasteiger partial charge in [-0.1, -0.05) is 5.92 Å². The van der Waals surface area contributed by atoms with Crippen LogP contribution in [-0.4, -0.2) is 37.0 Å². The van der Waals surface area contributed by atoms with Crippen molar-refractivity contribution >= 4 is 24.1 Å². The van der Waals surface area contributed by atoms with Crippen LogP contribution in [-0.2, 0) is 9.53 Å². The average Bonchev–Trinajstić information content (AvgIpc) is 2.20. The van der Waals surface area contributed by atoms with E-state index in [9.17, 15) is 9.59 Å². The predicted octanol–water partition coefficient (Wildman–Crippen LogP) is 0.668. The molecule has 5 heteroatoms. The molecule has 0 spiro atoms. The van der Waals surface area contributed by atoms with Gasteiger partial charge in [-0.15, -0.1) is 6.42 Å². The zero-order chi connectivity index (χ0) is 10.6. The summed E-state index contributed by atoms with van der Waals surface area (Å²) in [5, 5.41) is 2.37. The molecule has 1 N–H and O–H groups in total. The van der Waals surface area contributed by atoms with Gasteiger partial charge in [0.1, 0.15) is 12.9 Å². The summed E-state index contributed by atoms with van der Waals surface area (Å²) in [5.74, 6) is 3.72. The molecule has 0 bridgehead atoms. The fourth-order valence-corrected chi connectivity index (χ4v) is 1.27. The minimum Gasteiger partial charge on any atom is -0.449 e. The number of terminal acetylenes is 1. The average molecular weight is 215 g/mol. The van der Waals surface area contributed by atoms with E-state index in [1.54, 1.807) is 11.8 Å². The van der Waals surface area contributed by atoms with Crippen molar-refractivity contribution in [3.8, 4) is 12.3 Å². The second-order valence-electron chi connectivity index (χ2n) is 2.26. The van der Waals surface area contributed by atoms with Gasteiger partial charge in [-0.3, -0.25) is 0 Å². The standard InChI is InChI=1S/C9H13NO3S/c1-2-4-10-9(12)13-6-8-14-7-3-5-11/h1,5H,3-4,6-8H2,(H,10,12). The van der Waals surface area contributed by atoms with Crippen LogP contribution in [0.1, 0.15) is 6.42 Å². The maximum absolute atomic E-state index is 10.8. The van der Waals surface area contributed by atoms with Gasteiger partial charge in [-0.25, -0.2) is 4.79 Å². The van der Waals surface area contributed by atoms with Crippen LogP contribution in [0, 0.1) is 12.3 Å². The number of carbonyl (C=O) groups excluding carboxylic acids is 2. The molecule has 0 aliphatic rings. The Labute approximate surface area is 87.8 Å². The number of alkyl carbamates (subject to hydrolysis) is 1. The first-order valence-corrected chi connectivity index (χ1v) is 5.32. The number of ether oxygens (including phenoxy) is 1. The van der Waals surface area contributed by atoms with Crippen LogP contribution < -0.4 is 5.32 Å². The van der Waals surface area contributed by atoms with Gasteiger partial charge >= 0.3 is 6.09 Å². The van der Waals surface area contributed by atoms with Crippen molar-refractivity contribution in [1.29, 1.82) is 0 Å². The summed E-state index contributed by atoms with van der Waals surface area (Å²) in [6.45, 7) is 0.511. The minimum absolute atomic E-state index is 0.178. The lowest BCUT2D eigenvalue weighted by Gasteiger charge is -2.03. The van der Waals surface area contributed by atoms with Gasteiger partial charge < -0.3 is 14.8 Å². The van der Waals surface area contributed by atoms with Crippen molar-refractivity contribution in [2.45, 2.75) is 6.42 Å². The summed E-state index contributed by atoms with van der Waals surface area (Å²) < 4.78 is 4.77. The van der Waals surface area contributed by atoms with Gasteiger partial charge in [0.15, 0.2) is 0 Å². The molecule has 0 saturated heterocycles. The molecule has 0 radical (unpaired) electrons. The molecule has 0 heterocycles. The number of hydrogen-bond donors (Lipinski definition) is 1. The highest BCUT2D eigenvalue weighted by Crippen LogP contribution is 2.00. The lowest BCUT2D eigenvalue weighted by Crippen LogP contribution is -2.25. The molecule has 0 aromatic rings. The summed E-state index contributed by atoms with van der Waals surface area (Å²) in [4.78, 5) is 20.7. The third-order valence-corrected chi connectivity index (χ3v) is 2.16. The maximum atomic E-state index is 10.8. The molecule has 0 aromatic heterocycles. The van der Waals surface area contributed by atoms with E-state index in [4.69, 9.17) is 11.2 Å². The molecule has 14 heavy (non-hydrogen) atoms. The molecule has 0 aliphatic carbocycles. The molecule has 0 saturated carbocycles. The first kappa shape index (κ1) is 12.8. The van der Waals surface area contributed by atoms with Crippen LogP contribution in [0.25, 0.3) is 0 Å². The van der Waals surface area contributed by atoms with Crippen molar-refractivity contribution in [3.05, 3.63) is 0 Å². The van der Waals surface area contributed by atoms with E-state index >= 15 is 0 Å². The highest BCUT2D eigenvalue weighted by atomic mass is 32.2. The number of carbonyl (C=O) groups is 2. The number of hydrogen-bond acceptors (Lipinski definition) is 4. The summed E-state index contributed by atoms with van der Waals surface area (Å²) in [5.41, 5.74) is 0. The van der Waals surface area contributed by atoms with Crippen LogP contribution in [0.3, 0.4) is 0 Å². The molecular formula is C9H13NO3S. The first-order chi connectivity index (χ1) is 6.81. The Morgan fingerprint density at radius 3 is 3.00 bits per heavy atom. The lowest BCUT2D eigenvalue weighted by molar-refractivity contribution is -0.107. The third kappa shape index (κ3) is 8.94. The van der Waals surface area contributed by atoms with Crippen molar-refractivity contribution in [2.75, 3.05) is 24.7 Å². The Kier molecular flexibility index (Phi) is 9.12. The first-order valence-electron chi connectivity index (χ1n) is 4.16. The van der Waals surface area contributed by atoms with E-state index < -0.39 is 6.09 Å².